The molecule has 0 bridgehead atoms. The van der Waals surface area contributed by atoms with Gasteiger partial charge in [0.05, 0.1) is 11.9 Å². The fourth-order valence-electron chi connectivity index (χ4n) is 3.32. The van der Waals surface area contributed by atoms with E-state index in [1.807, 2.05) is 42.0 Å². The summed E-state index contributed by atoms with van der Waals surface area (Å²) in [6, 6.07) is 9.58. The predicted octanol–water partition coefficient (Wildman–Crippen LogP) is 2.57. The standard InChI is InChI=1S/C20H24B2N6O3/c1-21(30-3)25-18-17(20-27-26-19(31-20)15-7-5-4-6-8-15)24-16(13-23-18)14-9-11-28(12-10-14)22(2)29/h4-9,13,29H,10-12H2,1-3H3,(H,23,25). The predicted molar refractivity (Wildman–Crippen MR) is 121 cm³/mol. The summed E-state index contributed by atoms with van der Waals surface area (Å²) < 4.78 is 11.3. The normalized spacial score (nSPS) is 14.3. The third-order valence-electron chi connectivity index (χ3n) is 5.21. The molecule has 0 aliphatic carbocycles. The lowest BCUT2D eigenvalue weighted by molar-refractivity contribution is 0.392. The van der Waals surface area contributed by atoms with Crippen LogP contribution in [0.25, 0.3) is 28.6 Å². The van der Waals surface area contributed by atoms with Crippen LogP contribution in [0, 0.1) is 0 Å². The van der Waals surface area contributed by atoms with E-state index in [4.69, 9.17) is 14.1 Å². The maximum atomic E-state index is 9.79. The molecule has 0 fully saturated rings. The minimum absolute atomic E-state index is 0.274. The topological polar surface area (TPSA) is 109 Å². The highest BCUT2D eigenvalue weighted by atomic mass is 16.4. The lowest BCUT2D eigenvalue weighted by atomic mass is 9.83. The van der Waals surface area contributed by atoms with Crippen molar-refractivity contribution < 1.29 is 14.1 Å². The SMILES string of the molecule is COB(C)Nc1ncc(C2=CCN(B(C)O)CC2)nc1-c1nnc(-c2ccccc2)o1. The second kappa shape index (κ2) is 9.42. The van der Waals surface area contributed by atoms with Gasteiger partial charge >= 0.3 is 14.1 Å². The Bertz CT molecular complexity index is 1060. The van der Waals surface area contributed by atoms with E-state index in [0.29, 0.717) is 23.9 Å². The summed E-state index contributed by atoms with van der Waals surface area (Å²) >= 11 is 0. The van der Waals surface area contributed by atoms with Crippen LogP contribution < -0.4 is 5.23 Å². The second-order valence-electron chi connectivity index (χ2n) is 7.36. The molecule has 0 spiro atoms. The van der Waals surface area contributed by atoms with Gasteiger partial charge in [-0.1, -0.05) is 24.3 Å². The van der Waals surface area contributed by atoms with Gasteiger partial charge in [0, 0.05) is 19.2 Å². The highest BCUT2D eigenvalue weighted by molar-refractivity contribution is 6.54. The van der Waals surface area contributed by atoms with Crippen molar-refractivity contribution in [3.8, 4) is 23.0 Å². The molecule has 0 amide bonds. The lowest BCUT2D eigenvalue weighted by Crippen LogP contribution is -2.39. The molecule has 3 heterocycles. The van der Waals surface area contributed by atoms with Crippen LogP contribution in [0.3, 0.4) is 0 Å². The van der Waals surface area contributed by atoms with Gasteiger partial charge in [-0.2, -0.15) is 0 Å². The highest BCUT2D eigenvalue weighted by Gasteiger charge is 2.23. The third kappa shape index (κ3) is 4.84. The number of benzene rings is 1. The third-order valence-corrected chi connectivity index (χ3v) is 5.21. The van der Waals surface area contributed by atoms with E-state index >= 15 is 0 Å². The van der Waals surface area contributed by atoms with Gasteiger partial charge in [0.1, 0.15) is 5.82 Å². The Morgan fingerprint density at radius 1 is 1.16 bits per heavy atom. The van der Waals surface area contributed by atoms with Crippen LogP contribution in [0.1, 0.15) is 12.1 Å². The molecule has 0 atom stereocenters. The number of anilines is 1. The average Bonchev–Trinajstić information content (AvgIpc) is 3.30. The summed E-state index contributed by atoms with van der Waals surface area (Å²) in [5.41, 5.74) is 3.11. The first-order valence-electron chi connectivity index (χ1n) is 10.2. The van der Waals surface area contributed by atoms with Crippen molar-refractivity contribution in [2.24, 2.45) is 0 Å². The Kier molecular flexibility index (Phi) is 6.45. The molecule has 1 aromatic carbocycles. The van der Waals surface area contributed by atoms with Crippen molar-refractivity contribution >= 4 is 25.5 Å². The fraction of sp³-hybridized carbons (Fsp3) is 0.300. The number of aromatic nitrogens is 4. The summed E-state index contributed by atoms with van der Waals surface area (Å²) in [7, 11) is 0.861. The first-order valence-corrected chi connectivity index (χ1v) is 10.2. The van der Waals surface area contributed by atoms with Crippen molar-refractivity contribution in [3.05, 3.63) is 48.3 Å². The van der Waals surface area contributed by atoms with Crippen molar-refractivity contribution in [2.45, 2.75) is 20.1 Å². The van der Waals surface area contributed by atoms with Crippen molar-refractivity contribution in [2.75, 3.05) is 25.4 Å². The fourth-order valence-corrected chi connectivity index (χ4v) is 3.32. The van der Waals surface area contributed by atoms with Gasteiger partial charge in [-0.25, -0.2) is 9.97 Å². The molecule has 0 saturated carbocycles. The van der Waals surface area contributed by atoms with Crippen LogP contribution in [0.2, 0.25) is 13.6 Å². The van der Waals surface area contributed by atoms with Gasteiger partial charge in [0.2, 0.25) is 5.89 Å². The summed E-state index contributed by atoms with van der Waals surface area (Å²) in [4.78, 5) is 11.4. The number of nitrogens with one attached hydrogen (secondary N) is 1. The molecule has 2 aromatic heterocycles. The Balaban J connectivity index is 1.69. The summed E-state index contributed by atoms with van der Waals surface area (Å²) in [6.07, 6.45) is 4.56. The van der Waals surface area contributed by atoms with Crippen LogP contribution in [-0.2, 0) is 4.65 Å². The highest BCUT2D eigenvalue weighted by Crippen LogP contribution is 2.29. The molecule has 0 saturated heterocycles. The summed E-state index contributed by atoms with van der Waals surface area (Å²) in [6.45, 7) is 5.05. The molecule has 9 nitrogen and oxygen atoms in total. The van der Waals surface area contributed by atoms with Gasteiger partial charge in [-0.3, -0.25) is 0 Å². The van der Waals surface area contributed by atoms with Gasteiger partial charge in [-0.05, 0) is 44.3 Å². The first-order chi connectivity index (χ1) is 15.0. The molecule has 2 N–H and O–H groups in total. The molecule has 3 aromatic rings. The number of rotatable bonds is 7. The average molecular weight is 418 g/mol. The van der Waals surface area contributed by atoms with Crippen LogP contribution in [-0.4, -0.2) is 64.3 Å². The molecule has 4 rings (SSSR count). The molecule has 11 heteroatoms. The molecule has 0 radical (unpaired) electrons. The monoisotopic (exact) mass is 418 g/mol. The molecule has 158 valence electrons. The van der Waals surface area contributed by atoms with Crippen LogP contribution in [0.5, 0.6) is 0 Å². The van der Waals surface area contributed by atoms with Gasteiger partial charge < -0.3 is 24.1 Å². The Hall–Kier alpha value is -3.01. The molecular formula is C20H24B2N6O3. The Morgan fingerprint density at radius 2 is 1.94 bits per heavy atom. The van der Waals surface area contributed by atoms with E-state index in [1.165, 1.54) is 0 Å². The summed E-state index contributed by atoms with van der Waals surface area (Å²) in [5, 5.41) is 21.4. The molecule has 1 aliphatic rings. The van der Waals surface area contributed by atoms with E-state index in [1.54, 1.807) is 20.1 Å². The van der Waals surface area contributed by atoms with Crippen molar-refractivity contribution in [3.63, 3.8) is 0 Å². The summed E-state index contributed by atoms with van der Waals surface area (Å²) in [5.74, 6) is 1.20. The van der Waals surface area contributed by atoms with Crippen LogP contribution in [0.4, 0.5) is 5.82 Å². The quantitative estimate of drug-likeness (QED) is 0.560. The van der Waals surface area contributed by atoms with Gasteiger partial charge in [0.15, 0.2) is 5.69 Å². The van der Waals surface area contributed by atoms with Gasteiger partial charge in [0.25, 0.3) is 5.89 Å². The van der Waals surface area contributed by atoms with Crippen LogP contribution >= 0.6 is 0 Å². The van der Waals surface area contributed by atoms with E-state index < -0.39 is 7.05 Å². The first kappa shape index (κ1) is 21.2. The molecule has 1 aliphatic heterocycles. The number of hydrogen-bond donors (Lipinski definition) is 2. The van der Waals surface area contributed by atoms with Crippen molar-refractivity contribution in [1.82, 2.24) is 25.0 Å². The maximum absolute atomic E-state index is 9.79. The minimum Gasteiger partial charge on any atom is -0.437 e. The Labute approximate surface area is 181 Å². The maximum Gasteiger partial charge on any atom is 0.410 e. The van der Waals surface area contributed by atoms with E-state index in [2.05, 4.69) is 26.5 Å². The largest absolute Gasteiger partial charge is 0.437 e. The van der Waals surface area contributed by atoms with E-state index in [-0.39, 0.29) is 12.9 Å². The Morgan fingerprint density at radius 3 is 2.61 bits per heavy atom. The molecule has 0 unspecified atom stereocenters. The van der Waals surface area contributed by atoms with Crippen molar-refractivity contribution in [1.29, 1.82) is 0 Å². The minimum atomic E-state index is -0.476. The lowest BCUT2D eigenvalue weighted by Gasteiger charge is -2.26. The second-order valence-corrected chi connectivity index (χ2v) is 7.36. The van der Waals surface area contributed by atoms with Crippen LogP contribution in [0.15, 0.2) is 47.0 Å². The molecular weight excluding hydrogens is 394 g/mol. The number of hydrogen-bond acceptors (Lipinski definition) is 9. The van der Waals surface area contributed by atoms with E-state index in [0.717, 1.165) is 29.8 Å². The van der Waals surface area contributed by atoms with Gasteiger partial charge in [-0.15, -0.1) is 10.2 Å². The zero-order valence-electron chi connectivity index (χ0n) is 17.8. The smallest absolute Gasteiger partial charge is 0.410 e. The van der Waals surface area contributed by atoms with E-state index in [9.17, 15) is 5.02 Å². The zero-order chi connectivity index (χ0) is 21.8. The zero-order valence-corrected chi connectivity index (χ0v) is 17.8. The number of nitrogens with zero attached hydrogens (tertiary/aromatic N) is 5. The molecule has 31 heavy (non-hydrogen) atoms.